The molecule has 0 radical (unpaired) electrons. The average Bonchev–Trinajstić information content (AvgIpc) is 3.34. The van der Waals surface area contributed by atoms with Crippen LogP contribution in [0.15, 0.2) is 42.5 Å². The first-order valence-electron chi connectivity index (χ1n) is 16.8. The lowest BCUT2D eigenvalue weighted by Crippen LogP contribution is -2.57. The highest BCUT2D eigenvalue weighted by Gasteiger charge is 2.68. The van der Waals surface area contributed by atoms with Crippen LogP contribution in [-0.4, -0.2) is 96.4 Å². The van der Waals surface area contributed by atoms with Crippen LogP contribution in [0.25, 0.3) is 11.3 Å². The standard InChI is InChI=1S/C34H45N6O6.Al.2H/c1-6-45-31(43)34-22(2)25(34)17-13-8-7-9-14-18-26(36-32(44)46-33(3,4)5)30(42)39-21-24(19-28(39)29(41)37-34)40-35-20-27(38-40)23-15-11-10-12-16-23;;;/h10-13,15-17,22,24-26,28H,6-9,14,18-19,21H2,1-5H3,(H,36,44)(H,37,41);;;/b17-13-;;;/t22-,24?,25-,26+,28+,34-;;;/m1.../s1. The predicted octanol–water partition coefficient (Wildman–Crippen LogP) is 2.44. The molecule has 1 aliphatic carbocycles. The number of ether oxygens (including phenoxy) is 2. The van der Waals surface area contributed by atoms with Crippen molar-refractivity contribution in [3.8, 4) is 11.3 Å². The van der Waals surface area contributed by atoms with E-state index in [0.717, 1.165) is 35.1 Å². The quantitative estimate of drug-likeness (QED) is 0.282. The smallest absolute Gasteiger partial charge is 0.408 e. The third-order valence-corrected chi connectivity index (χ3v) is 10.0. The summed E-state index contributed by atoms with van der Waals surface area (Å²) in [5.41, 5.74) is -0.227. The Morgan fingerprint density at radius 3 is 2.57 bits per heavy atom. The summed E-state index contributed by atoms with van der Waals surface area (Å²) in [5, 5.41) is 15.4. The molecule has 13 heteroatoms. The van der Waals surface area contributed by atoms with Gasteiger partial charge in [-0.1, -0.05) is 62.2 Å². The van der Waals surface area contributed by atoms with Gasteiger partial charge in [-0.25, -0.2) is 9.59 Å². The van der Waals surface area contributed by atoms with Crippen LogP contribution in [0.1, 0.15) is 79.2 Å². The molecule has 2 aromatic rings. The molecular formula is C34H47AlN6O6. The number of carbonyl (C=O) groups excluding carboxylic acids is 4. The van der Waals surface area contributed by atoms with Gasteiger partial charge in [0.15, 0.2) is 0 Å². The summed E-state index contributed by atoms with van der Waals surface area (Å²) >= 11 is 0.656. The number of hydrogen-bond acceptors (Lipinski definition) is 8. The van der Waals surface area contributed by atoms with Crippen LogP contribution in [0.4, 0.5) is 4.79 Å². The molecule has 5 rings (SSSR count). The Labute approximate surface area is 284 Å². The van der Waals surface area contributed by atoms with Gasteiger partial charge in [0.25, 0.3) is 16.3 Å². The number of hydrogen-bond donors (Lipinski definition) is 2. The van der Waals surface area contributed by atoms with Crippen LogP contribution in [-0.2, 0) is 23.9 Å². The number of carbonyl (C=O) groups is 4. The fourth-order valence-electron chi connectivity index (χ4n) is 6.86. The van der Waals surface area contributed by atoms with Crippen LogP contribution in [0.3, 0.4) is 0 Å². The van der Waals surface area contributed by atoms with Crippen LogP contribution in [0.5, 0.6) is 0 Å². The van der Waals surface area contributed by atoms with Gasteiger partial charge in [-0.05, 0) is 52.9 Å². The minimum absolute atomic E-state index is 0.165. The Morgan fingerprint density at radius 2 is 1.87 bits per heavy atom. The number of nitrogens with one attached hydrogen (secondary N) is 2. The van der Waals surface area contributed by atoms with Crippen molar-refractivity contribution in [2.75, 3.05) is 13.2 Å². The maximum Gasteiger partial charge on any atom is 0.408 e. The van der Waals surface area contributed by atoms with E-state index in [0.29, 0.717) is 29.1 Å². The summed E-state index contributed by atoms with van der Waals surface area (Å²) in [5.74, 6) is -1.68. The summed E-state index contributed by atoms with van der Waals surface area (Å²) in [6.07, 6.45) is 7.26. The molecule has 1 aromatic heterocycles. The lowest BCUT2D eigenvalue weighted by atomic mass is 10.0. The number of alkyl carbamates (subject to hydrolysis) is 1. The lowest BCUT2D eigenvalue weighted by Gasteiger charge is -2.30. The van der Waals surface area contributed by atoms with Gasteiger partial charge in [0.1, 0.15) is 23.2 Å². The van der Waals surface area contributed by atoms with Gasteiger partial charge in [-0.15, -0.1) is 0 Å². The lowest BCUT2D eigenvalue weighted by molar-refractivity contribution is -0.150. The van der Waals surface area contributed by atoms with Crippen molar-refractivity contribution in [3.63, 3.8) is 0 Å². The molecule has 3 amide bonds. The Balaban J connectivity index is 1.49. The molecule has 3 aliphatic rings. The molecule has 1 unspecified atom stereocenters. The fourth-order valence-corrected chi connectivity index (χ4v) is 7.45. The first-order valence-corrected chi connectivity index (χ1v) is 17.8. The number of amides is 3. The van der Waals surface area contributed by atoms with E-state index in [4.69, 9.17) is 19.7 Å². The second-order valence-electron chi connectivity index (χ2n) is 13.9. The van der Waals surface area contributed by atoms with E-state index in [2.05, 4.69) is 16.7 Å². The highest BCUT2D eigenvalue weighted by atomic mass is 27.0. The molecule has 12 nitrogen and oxygen atoms in total. The first-order chi connectivity index (χ1) is 22.4. The number of rotatable bonds is 5. The zero-order valence-corrected chi connectivity index (χ0v) is 30.3. The zero-order chi connectivity index (χ0) is 33.9. The van der Waals surface area contributed by atoms with Gasteiger partial charge >= 0.3 is 12.1 Å². The molecule has 3 heterocycles. The molecule has 2 aliphatic heterocycles. The van der Waals surface area contributed by atoms with Crippen LogP contribution in [0, 0.1) is 11.8 Å². The SMILES string of the molecule is CCOC(=O)[C@]12NC(=O)[C@@H]3CC(n4n[c]([AlH2])c(-c5ccccc5)n4)CN3C(=O)[C@@H](NC(=O)OC(C)(C)C)CCCCC/C=C\[C@@H]1[C@H]2C. The van der Waals surface area contributed by atoms with Crippen LogP contribution < -0.4 is 15.2 Å². The summed E-state index contributed by atoms with van der Waals surface area (Å²) in [4.78, 5) is 58.1. The van der Waals surface area contributed by atoms with E-state index in [1.54, 1.807) is 32.5 Å². The Morgan fingerprint density at radius 1 is 1.13 bits per heavy atom. The van der Waals surface area contributed by atoms with E-state index in [1.165, 1.54) is 4.90 Å². The molecule has 2 N–H and O–H groups in total. The minimum atomic E-state index is -1.21. The average molecular weight is 663 g/mol. The third-order valence-electron chi connectivity index (χ3n) is 9.35. The van der Waals surface area contributed by atoms with E-state index in [1.807, 2.05) is 43.3 Å². The number of esters is 1. The summed E-state index contributed by atoms with van der Waals surface area (Å²) in [6, 6.07) is 7.58. The number of nitrogens with zero attached hydrogens (tertiary/aromatic N) is 4. The molecule has 6 atom stereocenters. The van der Waals surface area contributed by atoms with Gasteiger partial charge in [0, 0.05) is 29.0 Å². The predicted molar refractivity (Wildman–Crippen MR) is 178 cm³/mol. The van der Waals surface area contributed by atoms with Gasteiger partial charge in [-0.3, -0.25) is 9.59 Å². The van der Waals surface area contributed by atoms with Gasteiger partial charge in [-0.2, -0.15) is 15.0 Å². The molecule has 0 spiro atoms. The molecule has 2 fully saturated rings. The van der Waals surface area contributed by atoms with Crippen molar-refractivity contribution >= 4 is 44.7 Å². The van der Waals surface area contributed by atoms with Gasteiger partial charge < -0.3 is 25.0 Å². The molecule has 1 aromatic carbocycles. The molecular weight excluding hydrogens is 615 g/mol. The first kappa shape index (κ1) is 34.6. The van der Waals surface area contributed by atoms with Crippen molar-refractivity contribution in [2.45, 2.75) is 102 Å². The van der Waals surface area contributed by atoms with E-state index < -0.39 is 47.2 Å². The second kappa shape index (κ2) is 14.2. The Bertz CT molecular complexity index is 1510. The summed E-state index contributed by atoms with van der Waals surface area (Å²) < 4.78 is 11.8. The zero-order valence-electron chi connectivity index (χ0n) is 28.3. The van der Waals surface area contributed by atoms with E-state index >= 15 is 0 Å². The van der Waals surface area contributed by atoms with E-state index in [-0.39, 0.29) is 37.3 Å². The van der Waals surface area contributed by atoms with E-state index in [9.17, 15) is 19.2 Å². The number of fused-ring (bicyclic) bond motifs is 2. The molecule has 1 saturated heterocycles. The number of benzene rings is 1. The van der Waals surface area contributed by atoms with Crippen molar-refractivity contribution in [1.29, 1.82) is 0 Å². The van der Waals surface area contributed by atoms with Crippen molar-refractivity contribution < 1.29 is 28.7 Å². The maximum absolute atomic E-state index is 14.4. The Kier molecular flexibility index (Phi) is 10.5. The number of aromatic nitrogens is 3. The third kappa shape index (κ3) is 7.57. The highest BCUT2D eigenvalue weighted by molar-refractivity contribution is 6.33. The number of allylic oxidation sites excluding steroid dienone is 1. The van der Waals surface area contributed by atoms with Crippen LogP contribution >= 0.6 is 0 Å². The second-order valence-corrected chi connectivity index (χ2v) is 14.8. The molecule has 47 heavy (non-hydrogen) atoms. The maximum atomic E-state index is 14.4. The van der Waals surface area contributed by atoms with Crippen molar-refractivity contribution in [1.82, 2.24) is 30.5 Å². The topological polar surface area (TPSA) is 145 Å². The Hall–Kier alpha value is -3.69. The van der Waals surface area contributed by atoms with Crippen molar-refractivity contribution in [2.24, 2.45) is 11.8 Å². The molecule has 0 bridgehead atoms. The largest absolute Gasteiger partial charge is 0.464 e. The summed E-state index contributed by atoms with van der Waals surface area (Å²) in [7, 11) is 0. The molecule has 252 valence electrons. The minimum Gasteiger partial charge on any atom is -0.464 e. The van der Waals surface area contributed by atoms with Crippen LogP contribution in [0.2, 0.25) is 0 Å². The van der Waals surface area contributed by atoms with Gasteiger partial charge in [0.05, 0.1) is 18.3 Å². The monoisotopic (exact) mass is 662 g/mol. The fraction of sp³-hybridized carbons (Fsp3) is 0.588. The van der Waals surface area contributed by atoms with Crippen molar-refractivity contribution in [3.05, 3.63) is 42.5 Å². The van der Waals surface area contributed by atoms with Gasteiger partial charge in [0.2, 0.25) is 11.8 Å². The highest BCUT2D eigenvalue weighted by Crippen LogP contribution is 2.52. The molecule has 1 saturated carbocycles. The normalized spacial score (nSPS) is 29.0. The summed E-state index contributed by atoms with van der Waals surface area (Å²) in [6.45, 7) is 9.32.